The lowest BCUT2D eigenvalue weighted by Gasteiger charge is -1.97. The topological polar surface area (TPSA) is 24.7 Å². The molecule has 2 atom stereocenters. The zero-order chi connectivity index (χ0) is 5.61. The van der Waals surface area contributed by atoms with Crippen molar-refractivity contribution < 1.29 is 0 Å². The molecule has 1 saturated carbocycles. The van der Waals surface area contributed by atoms with Crippen molar-refractivity contribution in [3.63, 3.8) is 0 Å². The molecular formula is C6H8N2. The molecule has 1 fully saturated rings. The standard InChI is InChI=1S/C6H8N2/c1-2-6-3-5(6)7-4-8-6/h5H,2-3H2,1H3. The highest BCUT2D eigenvalue weighted by atomic mass is 15.1. The average molecular weight is 108 g/mol. The Bertz CT molecular complexity index is 175. The Morgan fingerprint density at radius 1 is 1.88 bits per heavy atom. The third-order valence-electron chi connectivity index (χ3n) is 2.11. The van der Waals surface area contributed by atoms with E-state index in [1.807, 2.05) is 0 Å². The summed E-state index contributed by atoms with van der Waals surface area (Å²) < 4.78 is 0. The summed E-state index contributed by atoms with van der Waals surface area (Å²) in [6.07, 6.45) is 2.31. The minimum atomic E-state index is 0.250. The van der Waals surface area contributed by atoms with E-state index in [9.17, 15) is 0 Å². The van der Waals surface area contributed by atoms with Gasteiger partial charge in [0.1, 0.15) is 0 Å². The van der Waals surface area contributed by atoms with E-state index in [0.29, 0.717) is 6.04 Å². The van der Waals surface area contributed by atoms with E-state index in [-0.39, 0.29) is 5.54 Å². The molecule has 0 aromatic carbocycles. The van der Waals surface area contributed by atoms with Gasteiger partial charge in [0.25, 0.3) is 0 Å². The summed E-state index contributed by atoms with van der Waals surface area (Å²) in [6, 6.07) is 3.18. The third kappa shape index (κ3) is 0.306. The molecular weight excluding hydrogens is 100 g/mol. The van der Waals surface area contributed by atoms with E-state index in [2.05, 4.69) is 22.9 Å². The van der Waals surface area contributed by atoms with Gasteiger partial charge in [0.2, 0.25) is 0 Å². The number of aliphatic imine (C=N–C) groups is 2. The van der Waals surface area contributed by atoms with Crippen LogP contribution in [0, 0.1) is 0 Å². The van der Waals surface area contributed by atoms with Gasteiger partial charge in [-0.15, -0.1) is 0 Å². The van der Waals surface area contributed by atoms with E-state index >= 15 is 0 Å². The summed E-state index contributed by atoms with van der Waals surface area (Å²) in [5, 5.41) is 0. The predicted molar refractivity (Wildman–Crippen MR) is 31.3 cm³/mol. The molecule has 0 N–H and O–H groups in total. The van der Waals surface area contributed by atoms with Gasteiger partial charge < -0.3 is 0 Å². The van der Waals surface area contributed by atoms with Gasteiger partial charge in [-0.3, -0.25) is 0 Å². The summed E-state index contributed by atoms with van der Waals surface area (Å²) >= 11 is 0. The molecule has 8 heavy (non-hydrogen) atoms. The number of nitrogens with zero attached hydrogens (tertiary/aromatic N) is 2. The Hall–Kier alpha value is -0.620. The van der Waals surface area contributed by atoms with Crippen LogP contribution in [0.15, 0.2) is 9.98 Å². The summed E-state index contributed by atoms with van der Waals surface area (Å²) in [5.74, 6) is 0. The van der Waals surface area contributed by atoms with Gasteiger partial charge in [-0.05, 0) is 6.42 Å². The molecule has 0 aromatic heterocycles. The molecule has 0 amide bonds. The van der Waals surface area contributed by atoms with Crippen molar-refractivity contribution in [2.75, 3.05) is 0 Å². The molecule has 0 spiro atoms. The maximum absolute atomic E-state index is 4.14. The van der Waals surface area contributed by atoms with E-state index in [4.69, 9.17) is 0 Å². The molecule has 0 bridgehead atoms. The van der Waals surface area contributed by atoms with Crippen molar-refractivity contribution in [3.05, 3.63) is 0 Å². The Balaban J connectivity index is 2.25. The molecule has 2 aliphatic rings. The molecule has 0 aromatic rings. The molecule has 2 unspecified atom stereocenters. The summed E-state index contributed by atoms with van der Waals surface area (Å²) in [4.78, 5) is 8.18. The summed E-state index contributed by atoms with van der Waals surface area (Å²) in [6.45, 7) is 2.16. The van der Waals surface area contributed by atoms with Gasteiger partial charge in [0.05, 0.1) is 17.6 Å². The normalized spacial score (nSPS) is 47.4. The average Bonchev–Trinajstić information content (AvgIpc) is 2.38. The Labute approximate surface area is 48.3 Å². The molecule has 2 heteroatoms. The maximum Gasteiger partial charge on any atom is 0.0968 e. The van der Waals surface area contributed by atoms with Crippen LogP contribution in [-0.4, -0.2) is 17.6 Å². The number of fused-ring (bicyclic) bond motifs is 1. The van der Waals surface area contributed by atoms with Crippen LogP contribution in [0.1, 0.15) is 19.8 Å². The monoisotopic (exact) mass is 108 g/mol. The van der Waals surface area contributed by atoms with Crippen LogP contribution in [0.25, 0.3) is 0 Å². The fourth-order valence-electron chi connectivity index (χ4n) is 1.22. The van der Waals surface area contributed by atoms with Crippen molar-refractivity contribution >= 4 is 6.01 Å². The van der Waals surface area contributed by atoms with E-state index < -0.39 is 0 Å². The lowest BCUT2D eigenvalue weighted by Crippen LogP contribution is -2.03. The first kappa shape index (κ1) is 4.28. The Morgan fingerprint density at radius 3 is 3.00 bits per heavy atom. The van der Waals surface area contributed by atoms with Crippen LogP contribution < -0.4 is 0 Å². The van der Waals surface area contributed by atoms with Crippen molar-refractivity contribution in [1.82, 2.24) is 0 Å². The van der Waals surface area contributed by atoms with Crippen LogP contribution in [0.4, 0.5) is 0 Å². The molecule has 1 aliphatic heterocycles. The second-order valence-electron chi connectivity index (χ2n) is 2.52. The molecule has 1 aliphatic carbocycles. The predicted octanol–water partition coefficient (Wildman–Crippen LogP) is 1.09. The lowest BCUT2D eigenvalue weighted by molar-refractivity contribution is 0.646. The van der Waals surface area contributed by atoms with Crippen LogP contribution in [0.3, 0.4) is 0 Å². The van der Waals surface area contributed by atoms with Crippen molar-refractivity contribution in [2.24, 2.45) is 9.98 Å². The van der Waals surface area contributed by atoms with Gasteiger partial charge in [-0.25, -0.2) is 9.98 Å². The van der Waals surface area contributed by atoms with E-state index in [0.717, 1.165) is 6.42 Å². The van der Waals surface area contributed by atoms with Crippen molar-refractivity contribution in [2.45, 2.75) is 31.3 Å². The summed E-state index contributed by atoms with van der Waals surface area (Å²) in [7, 11) is 0. The number of rotatable bonds is 1. The van der Waals surface area contributed by atoms with Gasteiger partial charge in [-0.1, -0.05) is 6.92 Å². The Kier molecular flexibility index (Phi) is 0.552. The van der Waals surface area contributed by atoms with Crippen LogP contribution in [0.2, 0.25) is 0 Å². The maximum atomic E-state index is 4.14. The number of hydrogen-bond acceptors (Lipinski definition) is 2. The first-order valence-electron chi connectivity index (χ1n) is 3.04. The molecule has 2 nitrogen and oxygen atoms in total. The number of hydrogen-bond donors (Lipinski definition) is 0. The van der Waals surface area contributed by atoms with Crippen molar-refractivity contribution in [1.29, 1.82) is 0 Å². The molecule has 2 rings (SSSR count). The lowest BCUT2D eigenvalue weighted by atomic mass is 10.2. The Morgan fingerprint density at radius 2 is 2.75 bits per heavy atom. The quantitative estimate of drug-likeness (QED) is 0.480. The highest BCUT2D eigenvalue weighted by Crippen LogP contribution is 2.47. The fourth-order valence-corrected chi connectivity index (χ4v) is 1.22. The largest absolute Gasteiger partial charge is 0.220 e. The summed E-state index contributed by atoms with van der Waals surface area (Å²) in [5.41, 5.74) is 0.250. The minimum Gasteiger partial charge on any atom is -0.220 e. The highest BCUT2D eigenvalue weighted by molar-refractivity contribution is 5.51. The first-order chi connectivity index (χ1) is 3.87. The molecule has 42 valence electrons. The smallest absolute Gasteiger partial charge is 0.0968 e. The van der Waals surface area contributed by atoms with Gasteiger partial charge in [0.15, 0.2) is 0 Å². The van der Waals surface area contributed by atoms with Crippen LogP contribution >= 0.6 is 0 Å². The van der Waals surface area contributed by atoms with Crippen LogP contribution in [-0.2, 0) is 0 Å². The van der Waals surface area contributed by atoms with Gasteiger partial charge in [-0.2, -0.15) is 0 Å². The zero-order valence-electron chi connectivity index (χ0n) is 4.89. The fraction of sp³-hybridized carbons (Fsp3) is 0.833. The van der Waals surface area contributed by atoms with Gasteiger partial charge >= 0.3 is 0 Å². The van der Waals surface area contributed by atoms with E-state index in [1.54, 1.807) is 0 Å². The van der Waals surface area contributed by atoms with E-state index in [1.165, 1.54) is 6.42 Å². The second kappa shape index (κ2) is 1.03. The molecule has 0 radical (unpaired) electrons. The molecule has 1 heterocycles. The molecule has 0 saturated heterocycles. The van der Waals surface area contributed by atoms with Crippen LogP contribution in [0.5, 0.6) is 0 Å². The van der Waals surface area contributed by atoms with Crippen molar-refractivity contribution in [3.8, 4) is 0 Å². The van der Waals surface area contributed by atoms with Gasteiger partial charge in [0, 0.05) is 6.42 Å². The second-order valence-corrected chi connectivity index (χ2v) is 2.52. The first-order valence-corrected chi connectivity index (χ1v) is 3.04. The SMILES string of the molecule is CCC12CC1N=C=N2. The minimum absolute atomic E-state index is 0.250. The highest BCUT2D eigenvalue weighted by Gasteiger charge is 2.55. The zero-order valence-corrected chi connectivity index (χ0v) is 4.89. The third-order valence-corrected chi connectivity index (χ3v) is 2.11.